The molecule has 0 spiro atoms. The average Bonchev–Trinajstić information content (AvgIpc) is 2.57. The van der Waals surface area contributed by atoms with Gasteiger partial charge in [0, 0.05) is 18.4 Å². The van der Waals surface area contributed by atoms with E-state index in [1.165, 1.54) is 9.08 Å². The second-order valence-electron chi connectivity index (χ2n) is 3.82. The van der Waals surface area contributed by atoms with Crippen LogP contribution in [0.25, 0.3) is 5.65 Å². The van der Waals surface area contributed by atoms with Crippen molar-refractivity contribution in [3.63, 3.8) is 0 Å². The molecule has 0 aliphatic heterocycles. The number of fused-ring (bicyclic) bond motifs is 1. The fraction of sp³-hybridized carbons (Fsp3) is 0.500. The van der Waals surface area contributed by atoms with Gasteiger partial charge in [0.25, 0.3) is 0 Å². The van der Waals surface area contributed by atoms with E-state index in [9.17, 15) is 4.79 Å². The molecule has 0 bridgehead atoms. The number of nitrogens with two attached hydrogens (primary N) is 1. The van der Waals surface area contributed by atoms with Crippen LogP contribution in [0.4, 0.5) is 0 Å². The van der Waals surface area contributed by atoms with Gasteiger partial charge in [-0.15, -0.1) is 5.10 Å². The van der Waals surface area contributed by atoms with Crippen LogP contribution in [0, 0.1) is 0 Å². The zero-order valence-corrected chi connectivity index (χ0v) is 9.21. The summed E-state index contributed by atoms with van der Waals surface area (Å²) in [5.41, 5.74) is 6.27. The molecule has 0 fully saturated rings. The highest BCUT2D eigenvalue weighted by atomic mass is 16.2. The van der Waals surface area contributed by atoms with E-state index in [4.69, 9.17) is 5.73 Å². The Hall–Kier alpha value is -1.69. The van der Waals surface area contributed by atoms with Gasteiger partial charge in [-0.05, 0) is 6.42 Å². The highest BCUT2D eigenvalue weighted by Crippen LogP contribution is 1.97. The standard InChI is InChI=1S/C10H15N5O/c1-2-3-8(11)7-15-10(16)14-5-4-12-6-9(14)13-15/h4-6,8H,2-3,7,11H2,1H3. The lowest BCUT2D eigenvalue weighted by molar-refractivity contribution is 0.471. The van der Waals surface area contributed by atoms with Gasteiger partial charge in [0.05, 0.1) is 12.7 Å². The maximum Gasteiger partial charge on any atom is 0.350 e. The Kier molecular flexibility index (Phi) is 3.00. The first-order chi connectivity index (χ1) is 7.72. The topological polar surface area (TPSA) is 78.2 Å². The summed E-state index contributed by atoms with van der Waals surface area (Å²) in [5, 5.41) is 4.16. The molecule has 86 valence electrons. The molecule has 6 heteroatoms. The number of hydrogen-bond acceptors (Lipinski definition) is 4. The Morgan fingerprint density at radius 3 is 3.06 bits per heavy atom. The monoisotopic (exact) mass is 221 g/mol. The van der Waals surface area contributed by atoms with Gasteiger partial charge in [-0.1, -0.05) is 13.3 Å². The van der Waals surface area contributed by atoms with Crippen LogP contribution in [0.1, 0.15) is 19.8 Å². The van der Waals surface area contributed by atoms with E-state index in [2.05, 4.69) is 17.0 Å². The minimum Gasteiger partial charge on any atom is -0.326 e. The van der Waals surface area contributed by atoms with Crippen molar-refractivity contribution in [3.05, 3.63) is 29.1 Å². The third-order valence-electron chi connectivity index (χ3n) is 2.46. The van der Waals surface area contributed by atoms with E-state index in [1.54, 1.807) is 18.6 Å². The third kappa shape index (κ3) is 1.96. The van der Waals surface area contributed by atoms with Crippen LogP contribution in [0.5, 0.6) is 0 Å². The molecule has 0 saturated heterocycles. The van der Waals surface area contributed by atoms with Crippen LogP contribution in [-0.4, -0.2) is 25.2 Å². The first-order valence-electron chi connectivity index (χ1n) is 5.37. The molecule has 6 nitrogen and oxygen atoms in total. The van der Waals surface area contributed by atoms with E-state index in [0.717, 1.165) is 12.8 Å². The van der Waals surface area contributed by atoms with Gasteiger partial charge in [-0.2, -0.15) is 0 Å². The Labute approximate surface area is 92.7 Å². The van der Waals surface area contributed by atoms with Crippen molar-refractivity contribution in [1.82, 2.24) is 19.2 Å². The number of rotatable bonds is 4. The Bertz CT molecular complexity index is 529. The first kappa shape index (κ1) is 10.8. The SMILES string of the molecule is CCCC(N)Cn1nc2cnccn2c1=O. The third-order valence-corrected chi connectivity index (χ3v) is 2.46. The van der Waals surface area contributed by atoms with Crippen molar-refractivity contribution in [1.29, 1.82) is 0 Å². The van der Waals surface area contributed by atoms with Gasteiger partial charge in [0.2, 0.25) is 0 Å². The maximum absolute atomic E-state index is 11.8. The van der Waals surface area contributed by atoms with Crippen LogP contribution in [0.3, 0.4) is 0 Å². The molecular weight excluding hydrogens is 206 g/mol. The summed E-state index contributed by atoms with van der Waals surface area (Å²) >= 11 is 0. The molecule has 1 unspecified atom stereocenters. The molecule has 1 atom stereocenters. The summed E-state index contributed by atoms with van der Waals surface area (Å²) < 4.78 is 2.86. The maximum atomic E-state index is 11.8. The van der Waals surface area contributed by atoms with Gasteiger partial charge in [-0.25, -0.2) is 13.9 Å². The molecule has 0 amide bonds. The van der Waals surface area contributed by atoms with Crippen molar-refractivity contribution in [2.75, 3.05) is 0 Å². The minimum atomic E-state index is -0.163. The second kappa shape index (κ2) is 4.44. The van der Waals surface area contributed by atoms with Crippen molar-refractivity contribution < 1.29 is 0 Å². The highest BCUT2D eigenvalue weighted by Gasteiger charge is 2.09. The predicted molar refractivity (Wildman–Crippen MR) is 60.1 cm³/mol. The molecule has 0 aliphatic rings. The highest BCUT2D eigenvalue weighted by molar-refractivity contribution is 5.31. The van der Waals surface area contributed by atoms with Crippen LogP contribution < -0.4 is 11.4 Å². The molecule has 2 aromatic heterocycles. The molecule has 2 aromatic rings. The van der Waals surface area contributed by atoms with Crippen molar-refractivity contribution >= 4 is 5.65 Å². The quantitative estimate of drug-likeness (QED) is 0.789. The van der Waals surface area contributed by atoms with Crippen LogP contribution in [0.15, 0.2) is 23.4 Å². The summed E-state index contributed by atoms with van der Waals surface area (Å²) in [5.74, 6) is 0. The van der Waals surface area contributed by atoms with E-state index >= 15 is 0 Å². The summed E-state index contributed by atoms with van der Waals surface area (Å²) in [7, 11) is 0. The summed E-state index contributed by atoms with van der Waals surface area (Å²) in [6, 6.07) is -0.0272. The van der Waals surface area contributed by atoms with Gasteiger partial charge in [0.1, 0.15) is 0 Å². The van der Waals surface area contributed by atoms with Crippen LogP contribution in [-0.2, 0) is 6.54 Å². The van der Waals surface area contributed by atoms with E-state index < -0.39 is 0 Å². The van der Waals surface area contributed by atoms with Crippen molar-refractivity contribution in [3.8, 4) is 0 Å². The van der Waals surface area contributed by atoms with Crippen molar-refractivity contribution in [2.24, 2.45) is 5.73 Å². The molecule has 16 heavy (non-hydrogen) atoms. The number of nitrogens with zero attached hydrogens (tertiary/aromatic N) is 4. The van der Waals surface area contributed by atoms with Gasteiger partial charge < -0.3 is 5.73 Å². The van der Waals surface area contributed by atoms with Gasteiger partial charge in [0.15, 0.2) is 5.65 Å². The molecule has 0 radical (unpaired) electrons. The average molecular weight is 221 g/mol. The normalized spacial score (nSPS) is 13.1. The Morgan fingerprint density at radius 2 is 2.38 bits per heavy atom. The zero-order valence-electron chi connectivity index (χ0n) is 9.21. The first-order valence-corrected chi connectivity index (χ1v) is 5.37. The molecule has 2 N–H and O–H groups in total. The second-order valence-corrected chi connectivity index (χ2v) is 3.82. The lowest BCUT2D eigenvalue weighted by atomic mass is 10.2. The fourth-order valence-corrected chi connectivity index (χ4v) is 1.68. The molecule has 2 heterocycles. The predicted octanol–water partition coefficient (Wildman–Crippen LogP) is 0.0184. The van der Waals surface area contributed by atoms with Crippen LogP contribution in [0.2, 0.25) is 0 Å². The number of hydrogen-bond donors (Lipinski definition) is 1. The smallest absolute Gasteiger partial charge is 0.326 e. The molecule has 0 aromatic carbocycles. The summed E-state index contributed by atoms with van der Waals surface area (Å²) in [6.07, 6.45) is 6.62. The summed E-state index contributed by atoms with van der Waals surface area (Å²) in [6.45, 7) is 2.52. The minimum absolute atomic E-state index is 0.0272. The number of aromatic nitrogens is 4. The van der Waals surface area contributed by atoms with Gasteiger partial charge in [-0.3, -0.25) is 4.98 Å². The van der Waals surface area contributed by atoms with E-state index in [1.807, 2.05) is 0 Å². The van der Waals surface area contributed by atoms with Crippen molar-refractivity contribution in [2.45, 2.75) is 32.4 Å². The lowest BCUT2D eigenvalue weighted by Crippen LogP contribution is -2.32. The molecule has 0 saturated carbocycles. The van der Waals surface area contributed by atoms with Gasteiger partial charge >= 0.3 is 5.69 Å². The molecular formula is C10H15N5O. The van der Waals surface area contributed by atoms with E-state index in [-0.39, 0.29) is 11.7 Å². The molecule has 2 rings (SSSR count). The van der Waals surface area contributed by atoms with Crippen LogP contribution >= 0.6 is 0 Å². The Morgan fingerprint density at radius 1 is 1.56 bits per heavy atom. The van der Waals surface area contributed by atoms with E-state index in [0.29, 0.717) is 12.2 Å². The fourth-order valence-electron chi connectivity index (χ4n) is 1.68. The Balaban J connectivity index is 2.31. The lowest BCUT2D eigenvalue weighted by Gasteiger charge is -2.08. The largest absolute Gasteiger partial charge is 0.350 e. The zero-order chi connectivity index (χ0) is 11.5. The summed E-state index contributed by atoms with van der Waals surface area (Å²) in [4.78, 5) is 15.8. The molecule has 0 aliphatic carbocycles.